The first kappa shape index (κ1) is 11.5. The van der Waals surface area contributed by atoms with Gasteiger partial charge in [-0.3, -0.25) is 9.89 Å². The number of hydrogen-bond acceptors (Lipinski definition) is 6. The number of ether oxygens (including phenoxy) is 1. The molecule has 7 nitrogen and oxygen atoms in total. The van der Waals surface area contributed by atoms with Crippen molar-refractivity contribution in [2.75, 3.05) is 12.8 Å². The third-order valence-corrected chi connectivity index (χ3v) is 1.90. The van der Waals surface area contributed by atoms with E-state index < -0.39 is 18.2 Å². The molecule has 0 saturated carbocycles. The van der Waals surface area contributed by atoms with Gasteiger partial charge in [-0.2, -0.15) is 5.10 Å². The molecular weight excluding hydrogens is 202 g/mol. The van der Waals surface area contributed by atoms with Crippen LogP contribution in [0.2, 0.25) is 0 Å². The highest BCUT2D eigenvalue weighted by Gasteiger charge is 2.23. The van der Waals surface area contributed by atoms with E-state index in [1.807, 2.05) is 0 Å². The zero-order valence-electron chi connectivity index (χ0n) is 8.17. The molecule has 0 spiro atoms. The summed E-state index contributed by atoms with van der Waals surface area (Å²) in [6.07, 6.45) is -2.79. The van der Waals surface area contributed by atoms with Crippen LogP contribution >= 0.6 is 0 Å². The molecule has 1 aromatic rings. The van der Waals surface area contributed by atoms with Crippen molar-refractivity contribution in [3.63, 3.8) is 0 Å². The van der Waals surface area contributed by atoms with Gasteiger partial charge in [0.15, 0.2) is 0 Å². The highest BCUT2D eigenvalue weighted by molar-refractivity contribution is 5.69. The van der Waals surface area contributed by atoms with Gasteiger partial charge < -0.3 is 20.7 Å². The zero-order valence-corrected chi connectivity index (χ0v) is 8.17. The standard InChI is InChI=1S/C8H13N3O4/c1-15-7(13)3-5(12)8(14)4-2-6(9)11-10-4/h2,5,8,12,14H,3H2,1H3,(H3,9,10,11). The number of nitrogen functional groups attached to an aromatic ring is 1. The van der Waals surface area contributed by atoms with Gasteiger partial charge in [-0.1, -0.05) is 0 Å². The number of aliphatic hydroxyl groups is 2. The van der Waals surface area contributed by atoms with E-state index in [1.54, 1.807) is 0 Å². The summed E-state index contributed by atoms with van der Waals surface area (Å²) in [4.78, 5) is 10.8. The van der Waals surface area contributed by atoms with Crippen molar-refractivity contribution in [1.82, 2.24) is 10.2 Å². The van der Waals surface area contributed by atoms with Gasteiger partial charge in [0.25, 0.3) is 0 Å². The maximum atomic E-state index is 10.8. The number of methoxy groups -OCH3 is 1. The van der Waals surface area contributed by atoms with Gasteiger partial charge >= 0.3 is 5.97 Å². The highest BCUT2D eigenvalue weighted by atomic mass is 16.5. The van der Waals surface area contributed by atoms with Gasteiger partial charge in [-0.05, 0) is 0 Å². The molecule has 0 saturated heterocycles. The summed E-state index contributed by atoms with van der Waals surface area (Å²) in [5.74, 6) is -0.400. The summed E-state index contributed by atoms with van der Waals surface area (Å²) in [7, 11) is 1.20. The molecule has 2 atom stereocenters. The van der Waals surface area contributed by atoms with Gasteiger partial charge in [-0.25, -0.2) is 0 Å². The molecule has 0 amide bonds. The quantitative estimate of drug-likeness (QED) is 0.475. The van der Waals surface area contributed by atoms with Crippen LogP contribution in [0.25, 0.3) is 0 Å². The van der Waals surface area contributed by atoms with Gasteiger partial charge in [0.05, 0.1) is 25.3 Å². The maximum absolute atomic E-state index is 10.8. The summed E-state index contributed by atoms with van der Waals surface area (Å²) in [5.41, 5.74) is 5.57. The molecule has 0 aromatic carbocycles. The lowest BCUT2D eigenvalue weighted by molar-refractivity contribution is -0.144. The molecule has 2 unspecified atom stereocenters. The number of aliphatic hydroxyl groups excluding tert-OH is 2. The van der Waals surface area contributed by atoms with E-state index in [0.29, 0.717) is 0 Å². The van der Waals surface area contributed by atoms with Crippen molar-refractivity contribution < 1.29 is 19.7 Å². The number of aromatic nitrogens is 2. The Morgan fingerprint density at radius 1 is 1.73 bits per heavy atom. The Morgan fingerprint density at radius 2 is 2.40 bits per heavy atom. The van der Waals surface area contributed by atoms with E-state index in [4.69, 9.17) is 5.73 Å². The van der Waals surface area contributed by atoms with E-state index in [2.05, 4.69) is 14.9 Å². The minimum atomic E-state index is -1.25. The van der Waals surface area contributed by atoms with Crippen LogP contribution in [0.4, 0.5) is 5.82 Å². The number of nitrogens with zero attached hydrogens (tertiary/aromatic N) is 1. The van der Waals surface area contributed by atoms with Crippen molar-refractivity contribution in [3.05, 3.63) is 11.8 Å². The number of H-pyrrole nitrogens is 1. The first-order valence-corrected chi connectivity index (χ1v) is 4.28. The lowest BCUT2D eigenvalue weighted by atomic mass is 10.1. The maximum Gasteiger partial charge on any atom is 0.308 e. The molecule has 0 aliphatic rings. The summed E-state index contributed by atoms with van der Waals surface area (Å²) < 4.78 is 4.35. The van der Waals surface area contributed by atoms with Crippen LogP contribution in [0.15, 0.2) is 6.07 Å². The summed E-state index contributed by atoms with van der Waals surface area (Å²) in [6, 6.07) is 1.38. The van der Waals surface area contributed by atoms with Crippen molar-refractivity contribution >= 4 is 11.8 Å². The van der Waals surface area contributed by atoms with E-state index in [9.17, 15) is 15.0 Å². The smallest absolute Gasteiger partial charge is 0.308 e. The Bertz CT molecular complexity index is 338. The lowest BCUT2D eigenvalue weighted by Gasteiger charge is -2.14. The minimum absolute atomic E-state index is 0.203. The number of carbonyl (C=O) groups is 1. The summed E-state index contributed by atoms with van der Waals surface area (Å²) in [5, 5.41) is 25.0. The molecule has 0 fully saturated rings. The first-order valence-electron chi connectivity index (χ1n) is 4.28. The second kappa shape index (κ2) is 4.76. The SMILES string of the molecule is COC(=O)CC(O)C(O)c1cc(N)n[nH]1. The molecule has 1 heterocycles. The molecule has 0 bridgehead atoms. The Morgan fingerprint density at radius 3 is 2.87 bits per heavy atom. The minimum Gasteiger partial charge on any atom is -0.469 e. The molecule has 0 aliphatic carbocycles. The molecule has 15 heavy (non-hydrogen) atoms. The molecule has 1 rings (SSSR count). The van der Waals surface area contributed by atoms with Crippen molar-refractivity contribution in [3.8, 4) is 0 Å². The molecule has 84 valence electrons. The van der Waals surface area contributed by atoms with Crippen LogP contribution in [-0.4, -0.2) is 39.6 Å². The number of rotatable bonds is 4. The van der Waals surface area contributed by atoms with Gasteiger partial charge in [-0.15, -0.1) is 0 Å². The molecular formula is C8H13N3O4. The van der Waals surface area contributed by atoms with E-state index in [1.165, 1.54) is 13.2 Å². The Hall–Kier alpha value is -1.60. The van der Waals surface area contributed by atoms with Crippen LogP contribution in [0.1, 0.15) is 18.2 Å². The van der Waals surface area contributed by atoms with Crippen molar-refractivity contribution in [2.24, 2.45) is 0 Å². The van der Waals surface area contributed by atoms with Gasteiger partial charge in [0.1, 0.15) is 11.9 Å². The zero-order chi connectivity index (χ0) is 11.4. The van der Waals surface area contributed by atoms with Gasteiger partial charge in [0.2, 0.25) is 0 Å². The number of aromatic amines is 1. The predicted octanol–water partition coefficient (Wildman–Crippen LogP) is -1.05. The normalized spacial score (nSPS) is 14.6. The Labute approximate surface area is 85.9 Å². The molecule has 1 aromatic heterocycles. The van der Waals surface area contributed by atoms with Crippen molar-refractivity contribution in [2.45, 2.75) is 18.6 Å². The number of esters is 1. The summed E-state index contributed by atoms with van der Waals surface area (Å²) in [6.45, 7) is 0. The number of hydrogen-bond donors (Lipinski definition) is 4. The van der Waals surface area contributed by atoms with Crippen LogP contribution in [0, 0.1) is 0 Å². The largest absolute Gasteiger partial charge is 0.469 e. The number of anilines is 1. The average Bonchev–Trinajstić information content (AvgIpc) is 2.63. The van der Waals surface area contributed by atoms with Crippen molar-refractivity contribution in [1.29, 1.82) is 0 Å². The fourth-order valence-corrected chi connectivity index (χ4v) is 1.08. The van der Waals surface area contributed by atoms with E-state index in [0.717, 1.165) is 0 Å². The topological polar surface area (TPSA) is 121 Å². The molecule has 0 aliphatic heterocycles. The Balaban J connectivity index is 2.60. The van der Waals surface area contributed by atoms with Crippen LogP contribution in [-0.2, 0) is 9.53 Å². The average molecular weight is 215 g/mol. The fourth-order valence-electron chi connectivity index (χ4n) is 1.08. The monoisotopic (exact) mass is 215 g/mol. The third-order valence-electron chi connectivity index (χ3n) is 1.90. The van der Waals surface area contributed by atoms with Crippen LogP contribution in [0.3, 0.4) is 0 Å². The van der Waals surface area contributed by atoms with E-state index in [-0.39, 0.29) is 17.9 Å². The number of nitrogens with two attached hydrogens (primary N) is 1. The first-order chi connectivity index (χ1) is 7.04. The lowest BCUT2D eigenvalue weighted by Crippen LogP contribution is -2.22. The number of nitrogens with one attached hydrogen (secondary N) is 1. The summed E-state index contributed by atoms with van der Waals surface area (Å²) >= 11 is 0. The van der Waals surface area contributed by atoms with Crippen LogP contribution in [0.5, 0.6) is 0 Å². The predicted molar refractivity (Wildman–Crippen MR) is 50.6 cm³/mol. The Kier molecular flexibility index (Phi) is 3.64. The second-order valence-electron chi connectivity index (χ2n) is 3.04. The fraction of sp³-hybridized carbons (Fsp3) is 0.500. The second-order valence-corrected chi connectivity index (χ2v) is 3.04. The molecule has 7 heteroatoms. The van der Waals surface area contributed by atoms with Crippen LogP contribution < -0.4 is 5.73 Å². The highest BCUT2D eigenvalue weighted by Crippen LogP contribution is 2.18. The van der Waals surface area contributed by atoms with E-state index >= 15 is 0 Å². The third kappa shape index (κ3) is 2.93. The molecule has 0 radical (unpaired) electrons. The molecule has 5 N–H and O–H groups in total. The van der Waals surface area contributed by atoms with Gasteiger partial charge in [0, 0.05) is 6.07 Å². The number of carbonyl (C=O) groups excluding carboxylic acids is 1.